The Hall–Kier alpha value is -1.64. The fourth-order valence-corrected chi connectivity index (χ4v) is 2.28. The summed E-state index contributed by atoms with van der Waals surface area (Å²) in [5, 5.41) is 1.09. The molecule has 78 valence electrons. The van der Waals surface area contributed by atoms with Gasteiger partial charge < -0.3 is 15.1 Å². The molecule has 3 nitrogen and oxygen atoms in total. The van der Waals surface area contributed by atoms with E-state index in [4.69, 9.17) is 10.2 Å². The van der Waals surface area contributed by atoms with E-state index in [1.54, 1.807) is 6.26 Å². The molecule has 1 aromatic heterocycles. The number of rotatable bonds is 1. The number of fused-ring (bicyclic) bond motifs is 1. The first kappa shape index (κ1) is 8.65. The molecule has 2 N–H and O–H groups in total. The molecule has 1 fully saturated rings. The third kappa shape index (κ3) is 1.35. The van der Waals surface area contributed by atoms with Crippen molar-refractivity contribution in [1.29, 1.82) is 0 Å². The van der Waals surface area contributed by atoms with E-state index in [1.807, 2.05) is 18.2 Å². The molecule has 0 aliphatic carbocycles. The van der Waals surface area contributed by atoms with Gasteiger partial charge in [-0.1, -0.05) is 0 Å². The van der Waals surface area contributed by atoms with Gasteiger partial charge in [-0.15, -0.1) is 0 Å². The van der Waals surface area contributed by atoms with Gasteiger partial charge in [0, 0.05) is 24.2 Å². The molecule has 15 heavy (non-hydrogen) atoms. The van der Waals surface area contributed by atoms with Crippen LogP contribution in [0.4, 0.5) is 11.4 Å². The van der Waals surface area contributed by atoms with Crippen molar-refractivity contribution >= 4 is 22.3 Å². The minimum Gasteiger partial charge on any atom is -0.462 e. The largest absolute Gasteiger partial charge is 0.462 e. The molecule has 1 saturated heterocycles. The van der Waals surface area contributed by atoms with E-state index in [0.29, 0.717) is 0 Å². The molecular formula is C12H14N2O. The lowest BCUT2D eigenvalue weighted by molar-refractivity contribution is 0.614. The van der Waals surface area contributed by atoms with Gasteiger partial charge in [0.2, 0.25) is 0 Å². The zero-order valence-electron chi connectivity index (χ0n) is 8.57. The smallest absolute Gasteiger partial charge is 0.157 e. The Morgan fingerprint density at radius 2 is 2.00 bits per heavy atom. The van der Waals surface area contributed by atoms with Crippen molar-refractivity contribution in [3.05, 3.63) is 24.5 Å². The Balaban J connectivity index is 2.18. The summed E-state index contributed by atoms with van der Waals surface area (Å²) >= 11 is 0. The van der Waals surface area contributed by atoms with E-state index in [2.05, 4.69) is 4.90 Å². The SMILES string of the molecule is Nc1cc(N2CCCC2)c2occc2c1. The van der Waals surface area contributed by atoms with Gasteiger partial charge in [-0.25, -0.2) is 0 Å². The summed E-state index contributed by atoms with van der Waals surface area (Å²) in [7, 11) is 0. The average Bonchev–Trinajstić information content (AvgIpc) is 2.86. The summed E-state index contributed by atoms with van der Waals surface area (Å²) in [6, 6.07) is 5.93. The Labute approximate surface area is 88.5 Å². The number of nitrogen functional groups attached to an aromatic ring is 1. The summed E-state index contributed by atoms with van der Waals surface area (Å²) in [5.41, 5.74) is 8.80. The predicted molar refractivity (Wildman–Crippen MR) is 62.1 cm³/mol. The van der Waals surface area contributed by atoms with Crippen LogP contribution in [-0.4, -0.2) is 13.1 Å². The Morgan fingerprint density at radius 1 is 1.20 bits per heavy atom. The van der Waals surface area contributed by atoms with Crippen molar-refractivity contribution in [2.45, 2.75) is 12.8 Å². The highest BCUT2D eigenvalue weighted by molar-refractivity contribution is 5.92. The lowest BCUT2D eigenvalue weighted by Crippen LogP contribution is -2.17. The molecule has 3 heteroatoms. The summed E-state index contributed by atoms with van der Waals surface area (Å²) in [6.45, 7) is 2.22. The van der Waals surface area contributed by atoms with Gasteiger partial charge in [0.1, 0.15) is 0 Å². The zero-order chi connectivity index (χ0) is 10.3. The van der Waals surface area contributed by atoms with Crippen molar-refractivity contribution in [2.75, 3.05) is 23.7 Å². The van der Waals surface area contributed by atoms with E-state index in [-0.39, 0.29) is 0 Å². The Bertz CT molecular complexity index is 483. The molecule has 2 aromatic rings. The van der Waals surface area contributed by atoms with Crippen LogP contribution in [0.25, 0.3) is 11.0 Å². The molecule has 0 unspecified atom stereocenters. The molecule has 0 saturated carbocycles. The van der Waals surface area contributed by atoms with Gasteiger partial charge in [0.15, 0.2) is 5.58 Å². The van der Waals surface area contributed by atoms with Crippen LogP contribution in [0.15, 0.2) is 28.9 Å². The zero-order valence-corrected chi connectivity index (χ0v) is 8.57. The highest BCUT2D eigenvalue weighted by Gasteiger charge is 2.16. The summed E-state index contributed by atoms with van der Waals surface area (Å²) in [5.74, 6) is 0. The number of nitrogens with zero attached hydrogens (tertiary/aromatic N) is 1. The highest BCUT2D eigenvalue weighted by Crippen LogP contribution is 2.32. The number of hydrogen-bond donors (Lipinski definition) is 1. The molecule has 0 bridgehead atoms. The van der Waals surface area contributed by atoms with Crippen molar-refractivity contribution in [3.8, 4) is 0 Å². The molecular weight excluding hydrogens is 188 g/mol. The molecule has 1 aromatic carbocycles. The third-order valence-corrected chi connectivity index (χ3v) is 3.00. The van der Waals surface area contributed by atoms with Crippen molar-refractivity contribution in [1.82, 2.24) is 0 Å². The van der Waals surface area contributed by atoms with E-state index >= 15 is 0 Å². The standard InChI is InChI=1S/C12H14N2O/c13-10-7-9-3-6-15-12(9)11(8-10)14-4-1-2-5-14/h3,6-8H,1-2,4-5,13H2. The van der Waals surface area contributed by atoms with Crippen LogP contribution >= 0.6 is 0 Å². The van der Waals surface area contributed by atoms with Crippen LogP contribution in [0.5, 0.6) is 0 Å². The number of furan rings is 1. The van der Waals surface area contributed by atoms with Crippen LogP contribution in [0, 0.1) is 0 Å². The van der Waals surface area contributed by atoms with Crippen LogP contribution in [0.2, 0.25) is 0 Å². The first-order valence-electron chi connectivity index (χ1n) is 5.36. The Kier molecular flexibility index (Phi) is 1.84. The van der Waals surface area contributed by atoms with E-state index < -0.39 is 0 Å². The maximum absolute atomic E-state index is 5.88. The lowest BCUT2D eigenvalue weighted by atomic mass is 10.2. The predicted octanol–water partition coefficient (Wildman–Crippen LogP) is 2.62. The number of hydrogen-bond acceptors (Lipinski definition) is 3. The first-order chi connectivity index (χ1) is 7.34. The monoisotopic (exact) mass is 202 g/mol. The second kappa shape index (κ2) is 3.19. The van der Waals surface area contributed by atoms with E-state index in [9.17, 15) is 0 Å². The third-order valence-electron chi connectivity index (χ3n) is 3.00. The van der Waals surface area contributed by atoms with Gasteiger partial charge in [0.25, 0.3) is 0 Å². The average molecular weight is 202 g/mol. The molecule has 0 amide bonds. The van der Waals surface area contributed by atoms with Crippen LogP contribution in [-0.2, 0) is 0 Å². The maximum Gasteiger partial charge on any atom is 0.157 e. The van der Waals surface area contributed by atoms with Gasteiger partial charge in [0.05, 0.1) is 12.0 Å². The number of nitrogens with two attached hydrogens (primary N) is 1. The summed E-state index contributed by atoms with van der Waals surface area (Å²) < 4.78 is 5.52. The lowest BCUT2D eigenvalue weighted by Gasteiger charge is -2.18. The Morgan fingerprint density at radius 3 is 2.80 bits per heavy atom. The highest BCUT2D eigenvalue weighted by atomic mass is 16.3. The first-order valence-corrected chi connectivity index (χ1v) is 5.36. The topological polar surface area (TPSA) is 42.4 Å². The van der Waals surface area contributed by atoms with E-state index in [1.165, 1.54) is 12.8 Å². The normalized spacial score (nSPS) is 16.4. The minimum absolute atomic E-state index is 0.811. The second-order valence-corrected chi connectivity index (χ2v) is 4.07. The second-order valence-electron chi connectivity index (χ2n) is 4.07. The summed E-state index contributed by atoms with van der Waals surface area (Å²) in [4.78, 5) is 2.35. The molecule has 2 heterocycles. The van der Waals surface area contributed by atoms with Crippen LogP contribution < -0.4 is 10.6 Å². The molecule has 1 aliphatic rings. The fourth-order valence-electron chi connectivity index (χ4n) is 2.28. The van der Waals surface area contributed by atoms with Crippen molar-refractivity contribution in [3.63, 3.8) is 0 Å². The van der Waals surface area contributed by atoms with Crippen molar-refractivity contribution in [2.24, 2.45) is 0 Å². The quantitative estimate of drug-likeness (QED) is 0.723. The summed E-state index contributed by atoms with van der Waals surface area (Å²) in [6.07, 6.45) is 4.25. The fraction of sp³-hybridized carbons (Fsp3) is 0.333. The molecule has 0 atom stereocenters. The van der Waals surface area contributed by atoms with Gasteiger partial charge in [-0.3, -0.25) is 0 Å². The maximum atomic E-state index is 5.88. The number of anilines is 2. The van der Waals surface area contributed by atoms with Crippen molar-refractivity contribution < 1.29 is 4.42 Å². The van der Waals surface area contributed by atoms with Crippen LogP contribution in [0.1, 0.15) is 12.8 Å². The molecule has 0 spiro atoms. The minimum atomic E-state index is 0.811. The van der Waals surface area contributed by atoms with Gasteiger partial charge in [-0.05, 0) is 31.0 Å². The van der Waals surface area contributed by atoms with Gasteiger partial charge >= 0.3 is 0 Å². The van der Waals surface area contributed by atoms with E-state index in [0.717, 1.165) is 35.4 Å². The van der Waals surface area contributed by atoms with Gasteiger partial charge in [-0.2, -0.15) is 0 Å². The molecule has 1 aliphatic heterocycles. The number of benzene rings is 1. The molecule has 3 rings (SSSR count). The molecule has 0 radical (unpaired) electrons. The van der Waals surface area contributed by atoms with Crippen LogP contribution in [0.3, 0.4) is 0 Å².